The first kappa shape index (κ1) is 10.9. The molecule has 0 amide bonds. The summed E-state index contributed by atoms with van der Waals surface area (Å²) in [7, 11) is 8.50. The lowest BCUT2D eigenvalue weighted by atomic mass is 10.5. The fourth-order valence-corrected chi connectivity index (χ4v) is 0.347. The molecule has 12 heavy (non-hydrogen) atoms. The predicted molar refractivity (Wildman–Crippen MR) is 47.6 cm³/mol. The van der Waals surface area contributed by atoms with Crippen molar-refractivity contribution < 1.29 is 9.59 Å². The lowest BCUT2D eigenvalue weighted by Crippen LogP contribution is -2.27. The van der Waals surface area contributed by atoms with E-state index in [1.165, 1.54) is 12.3 Å². The molecule has 0 fully saturated rings. The minimum absolute atomic E-state index is 0.178. The highest BCUT2D eigenvalue weighted by Gasteiger charge is 1.88. The van der Waals surface area contributed by atoms with Gasteiger partial charge < -0.3 is 9.59 Å². The van der Waals surface area contributed by atoms with E-state index in [0.29, 0.717) is 0 Å². The molecule has 1 aromatic heterocycles. The van der Waals surface area contributed by atoms with Crippen molar-refractivity contribution in [2.75, 3.05) is 28.2 Å². The Morgan fingerprint density at radius 2 is 1.67 bits per heavy atom. The maximum Gasteiger partial charge on any atom is 0.0675 e. The van der Waals surface area contributed by atoms with Gasteiger partial charge in [0.15, 0.2) is 0 Å². The number of aromatic nitrogens is 1. The van der Waals surface area contributed by atoms with Crippen LogP contribution in [0.3, 0.4) is 0 Å². The van der Waals surface area contributed by atoms with E-state index in [2.05, 4.69) is 33.2 Å². The SMILES string of the molecule is C[N+](C)(C)C.[O-]c1ccccn1. The van der Waals surface area contributed by atoms with E-state index in [0.717, 1.165) is 4.48 Å². The van der Waals surface area contributed by atoms with Crippen molar-refractivity contribution in [3.8, 4) is 5.88 Å². The molecule has 0 unspecified atom stereocenters. The molecule has 0 aliphatic carbocycles. The third kappa shape index (κ3) is 11.7. The van der Waals surface area contributed by atoms with Crippen LogP contribution in [0.1, 0.15) is 0 Å². The smallest absolute Gasteiger partial charge is 0.0675 e. The quantitative estimate of drug-likeness (QED) is 0.528. The molecule has 0 atom stereocenters. The van der Waals surface area contributed by atoms with Gasteiger partial charge in [-0.3, -0.25) is 4.98 Å². The number of pyridine rings is 1. The third-order valence-electron chi connectivity index (χ3n) is 0.638. The van der Waals surface area contributed by atoms with Crippen molar-refractivity contribution in [2.45, 2.75) is 0 Å². The molecule has 0 radical (unpaired) electrons. The largest absolute Gasteiger partial charge is 0.859 e. The van der Waals surface area contributed by atoms with Gasteiger partial charge in [0.1, 0.15) is 0 Å². The van der Waals surface area contributed by atoms with Crippen molar-refractivity contribution >= 4 is 0 Å². The topological polar surface area (TPSA) is 36.0 Å². The van der Waals surface area contributed by atoms with Gasteiger partial charge in [-0.2, -0.15) is 0 Å². The number of nitrogens with zero attached hydrogens (tertiary/aromatic N) is 2. The van der Waals surface area contributed by atoms with Crippen molar-refractivity contribution in [1.29, 1.82) is 0 Å². The summed E-state index contributed by atoms with van der Waals surface area (Å²) < 4.78 is 1.00. The van der Waals surface area contributed by atoms with Crippen molar-refractivity contribution in [3.63, 3.8) is 0 Å². The second kappa shape index (κ2) is 4.72. The van der Waals surface area contributed by atoms with Crippen molar-refractivity contribution in [1.82, 2.24) is 4.98 Å². The van der Waals surface area contributed by atoms with E-state index in [4.69, 9.17) is 0 Å². The zero-order valence-electron chi connectivity index (χ0n) is 8.11. The maximum atomic E-state index is 10.2. The van der Waals surface area contributed by atoms with Gasteiger partial charge in [-0.15, -0.1) is 0 Å². The number of rotatable bonds is 0. The van der Waals surface area contributed by atoms with Gasteiger partial charge in [0.2, 0.25) is 0 Å². The summed E-state index contributed by atoms with van der Waals surface area (Å²) in [6.45, 7) is 0. The molecule has 0 aliphatic heterocycles. The van der Waals surface area contributed by atoms with Crippen LogP contribution < -0.4 is 5.11 Å². The molecule has 0 aliphatic rings. The summed E-state index contributed by atoms with van der Waals surface area (Å²) in [5.41, 5.74) is 0. The lowest BCUT2D eigenvalue weighted by molar-refractivity contribution is -0.849. The van der Waals surface area contributed by atoms with Gasteiger partial charge in [-0.05, 0) is 11.9 Å². The Hall–Kier alpha value is -1.09. The summed E-state index contributed by atoms with van der Waals surface area (Å²) in [5.74, 6) is -0.178. The molecule has 1 heterocycles. The van der Waals surface area contributed by atoms with Gasteiger partial charge in [0.25, 0.3) is 0 Å². The summed E-state index contributed by atoms with van der Waals surface area (Å²) in [4.78, 5) is 3.42. The zero-order chi connectivity index (χ0) is 9.61. The van der Waals surface area contributed by atoms with Crippen LogP contribution in [-0.2, 0) is 0 Å². The van der Waals surface area contributed by atoms with Crippen LogP contribution in [0.2, 0.25) is 0 Å². The first-order valence-corrected chi connectivity index (χ1v) is 3.76. The fraction of sp³-hybridized carbons (Fsp3) is 0.444. The van der Waals surface area contributed by atoms with Gasteiger partial charge in [0.05, 0.1) is 28.2 Å². The Bertz CT molecular complexity index is 198. The highest BCUT2D eigenvalue weighted by molar-refractivity contribution is 5.04. The maximum absolute atomic E-state index is 10.2. The Morgan fingerprint density at radius 3 is 1.83 bits per heavy atom. The standard InChI is InChI=1S/C5H5NO.C4H12N/c7-5-3-1-2-4-6-5;1-5(2,3)4/h1-4H,(H,6,7);1-4H3/q;+1/p-1. The molecule has 0 N–H and O–H groups in total. The Labute approximate surface area is 73.9 Å². The van der Waals surface area contributed by atoms with E-state index in [-0.39, 0.29) is 5.88 Å². The van der Waals surface area contributed by atoms with Crippen LogP contribution in [0.5, 0.6) is 5.88 Å². The van der Waals surface area contributed by atoms with Gasteiger partial charge >= 0.3 is 0 Å². The van der Waals surface area contributed by atoms with Crippen LogP contribution in [0, 0.1) is 0 Å². The van der Waals surface area contributed by atoms with Gasteiger partial charge in [0, 0.05) is 6.20 Å². The predicted octanol–water partition coefficient (Wildman–Crippen LogP) is 0.478. The lowest BCUT2D eigenvalue weighted by Gasteiger charge is -2.14. The first-order chi connectivity index (χ1) is 5.39. The number of quaternary nitrogens is 1. The summed E-state index contributed by atoms with van der Waals surface area (Å²) >= 11 is 0. The van der Waals surface area contributed by atoms with Crippen LogP contribution in [0.25, 0.3) is 0 Å². The van der Waals surface area contributed by atoms with Gasteiger partial charge in [-0.1, -0.05) is 12.1 Å². The second-order valence-corrected chi connectivity index (χ2v) is 3.85. The van der Waals surface area contributed by atoms with Crippen molar-refractivity contribution in [3.05, 3.63) is 24.4 Å². The molecular weight excluding hydrogens is 152 g/mol. The molecule has 3 nitrogen and oxygen atoms in total. The summed E-state index contributed by atoms with van der Waals surface area (Å²) in [6.07, 6.45) is 1.47. The molecule has 1 aromatic rings. The van der Waals surface area contributed by atoms with Gasteiger partial charge in [-0.25, -0.2) is 0 Å². The second-order valence-electron chi connectivity index (χ2n) is 3.85. The molecule has 3 heteroatoms. The monoisotopic (exact) mass is 168 g/mol. The Kier molecular flexibility index (Phi) is 4.29. The van der Waals surface area contributed by atoms with Crippen LogP contribution in [0.4, 0.5) is 0 Å². The molecule has 68 valence electrons. The van der Waals surface area contributed by atoms with E-state index in [9.17, 15) is 5.11 Å². The highest BCUT2D eigenvalue weighted by Crippen LogP contribution is 1.91. The summed E-state index contributed by atoms with van der Waals surface area (Å²) in [6, 6.07) is 4.79. The minimum atomic E-state index is -0.178. The molecule has 0 saturated heterocycles. The van der Waals surface area contributed by atoms with E-state index in [1.807, 2.05) is 0 Å². The zero-order valence-corrected chi connectivity index (χ0v) is 8.11. The highest BCUT2D eigenvalue weighted by atomic mass is 16.3. The van der Waals surface area contributed by atoms with E-state index >= 15 is 0 Å². The van der Waals surface area contributed by atoms with Crippen LogP contribution >= 0.6 is 0 Å². The van der Waals surface area contributed by atoms with Crippen LogP contribution in [-0.4, -0.2) is 37.7 Å². The number of hydrogen-bond acceptors (Lipinski definition) is 2. The normalized spacial score (nSPS) is 10.0. The molecule has 0 bridgehead atoms. The Balaban J connectivity index is 0.000000217. The molecule has 1 rings (SSSR count). The van der Waals surface area contributed by atoms with E-state index in [1.54, 1.807) is 12.1 Å². The fourth-order valence-electron chi connectivity index (χ4n) is 0.347. The first-order valence-electron chi connectivity index (χ1n) is 3.76. The minimum Gasteiger partial charge on any atom is -0.859 e. The van der Waals surface area contributed by atoms with Crippen LogP contribution in [0.15, 0.2) is 24.4 Å². The summed E-state index contributed by atoms with van der Waals surface area (Å²) in [5, 5.41) is 10.2. The van der Waals surface area contributed by atoms with Crippen molar-refractivity contribution in [2.24, 2.45) is 0 Å². The molecular formula is C9H16N2O. The average molecular weight is 168 g/mol. The third-order valence-corrected chi connectivity index (χ3v) is 0.638. The number of hydrogen-bond donors (Lipinski definition) is 0. The van der Waals surface area contributed by atoms with E-state index < -0.39 is 0 Å². The molecule has 0 saturated carbocycles. The molecule has 0 aromatic carbocycles. The average Bonchev–Trinajstić information content (AvgIpc) is 1.85. The molecule has 0 spiro atoms. The Morgan fingerprint density at radius 1 is 1.17 bits per heavy atom.